The summed E-state index contributed by atoms with van der Waals surface area (Å²) in [6.07, 6.45) is 1.61. The lowest BCUT2D eigenvalue weighted by molar-refractivity contribution is -0.919. The van der Waals surface area contributed by atoms with Gasteiger partial charge in [0, 0.05) is 33.3 Å². The molecule has 0 unspecified atom stereocenters. The Kier molecular flexibility index (Phi) is 6.45. The first-order chi connectivity index (χ1) is 15.2. The first kappa shape index (κ1) is 22.6. The predicted molar refractivity (Wildman–Crippen MR) is 127 cm³/mol. The van der Waals surface area contributed by atoms with E-state index in [0.717, 1.165) is 28.5 Å². The second kappa shape index (κ2) is 9.12. The SMILES string of the molecule is CC(C)C[NH+](Cc1c([O-])ccc2c1O/C(=C\c1cc3cc(Br)ccc3o1)C2=O)CC(C)C. The molecule has 4 rings (SSSR count). The molecule has 0 radical (unpaired) electrons. The third kappa shape index (κ3) is 4.76. The lowest BCUT2D eigenvalue weighted by atomic mass is 10.0. The van der Waals surface area contributed by atoms with E-state index < -0.39 is 0 Å². The summed E-state index contributed by atoms with van der Waals surface area (Å²) in [6.45, 7) is 11.2. The van der Waals surface area contributed by atoms with Gasteiger partial charge in [0.25, 0.3) is 0 Å². The van der Waals surface area contributed by atoms with Crippen molar-refractivity contribution in [2.24, 2.45) is 11.8 Å². The molecule has 2 aromatic carbocycles. The molecular formula is C26H28BrNO4. The van der Waals surface area contributed by atoms with E-state index in [0.29, 0.717) is 41.0 Å². The average molecular weight is 498 g/mol. The molecule has 0 fully saturated rings. The molecule has 0 saturated carbocycles. The summed E-state index contributed by atoms with van der Waals surface area (Å²) in [5, 5.41) is 13.7. The number of Topliss-reactive ketones (excluding diaryl/α,β-unsaturated/α-hetero) is 1. The number of nitrogens with one attached hydrogen (secondary N) is 1. The number of quaternary nitrogens is 1. The first-order valence-electron chi connectivity index (χ1n) is 11.0. The van der Waals surface area contributed by atoms with Gasteiger partial charge in [-0.3, -0.25) is 4.79 Å². The van der Waals surface area contributed by atoms with Crippen LogP contribution in [0.25, 0.3) is 17.0 Å². The number of benzene rings is 2. The fourth-order valence-electron chi connectivity index (χ4n) is 4.32. The molecule has 3 aromatic rings. The minimum Gasteiger partial charge on any atom is -0.872 e. The van der Waals surface area contributed by atoms with Crippen molar-refractivity contribution < 1.29 is 24.0 Å². The Labute approximate surface area is 196 Å². The number of halogens is 1. The molecule has 0 bridgehead atoms. The van der Waals surface area contributed by atoms with Gasteiger partial charge in [-0.15, -0.1) is 0 Å². The van der Waals surface area contributed by atoms with Crippen LogP contribution in [0, 0.1) is 11.8 Å². The highest BCUT2D eigenvalue weighted by Gasteiger charge is 2.31. The Morgan fingerprint density at radius 2 is 1.78 bits per heavy atom. The maximum atomic E-state index is 13.0. The fourth-order valence-corrected chi connectivity index (χ4v) is 4.70. The van der Waals surface area contributed by atoms with Crippen LogP contribution in [0.2, 0.25) is 0 Å². The number of hydrogen-bond acceptors (Lipinski definition) is 4. The van der Waals surface area contributed by atoms with E-state index in [1.54, 1.807) is 12.1 Å². The maximum absolute atomic E-state index is 13.0. The van der Waals surface area contributed by atoms with E-state index in [4.69, 9.17) is 9.15 Å². The van der Waals surface area contributed by atoms with Gasteiger partial charge in [-0.1, -0.05) is 55.4 Å². The number of ether oxygens (including phenoxy) is 1. The lowest BCUT2D eigenvalue weighted by Gasteiger charge is -2.26. The van der Waals surface area contributed by atoms with E-state index in [2.05, 4.69) is 43.6 Å². The van der Waals surface area contributed by atoms with Crippen LogP contribution >= 0.6 is 15.9 Å². The van der Waals surface area contributed by atoms with Crippen LogP contribution in [0.4, 0.5) is 0 Å². The monoisotopic (exact) mass is 497 g/mol. The zero-order valence-electron chi connectivity index (χ0n) is 18.8. The highest BCUT2D eigenvalue weighted by atomic mass is 79.9. The van der Waals surface area contributed by atoms with E-state index in [-0.39, 0.29) is 17.3 Å². The van der Waals surface area contributed by atoms with Crippen LogP contribution in [0.5, 0.6) is 11.5 Å². The molecule has 32 heavy (non-hydrogen) atoms. The maximum Gasteiger partial charge on any atom is 0.232 e. The van der Waals surface area contributed by atoms with Crippen LogP contribution in [0.15, 0.2) is 51.0 Å². The molecular weight excluding hydrogens is 470 g/mol. The minimum atomic E-state index is -0.225. The zero-order chi connectivity index (χ0) is 23.0. The van der Waals surface area contributed by atoms with Gasteiger partial charge in [0.2, 0.25) is 5.78 Å². The van der Waals surface area contributed by atoms with Crippen LogP contribution in [0.1, 0.15) is 49.4 Å². The number of carbonyl (C=O) groups excluding carboxylic acids is 1. The first-order valence-corrected chi connectivity index (χ1v) is 11.8. The summed E-state index contributed by atoms with van der Waals surface area (Å²) >= 11 is 3.46. The lowest BCUT2D eigenvalue weighted by Crippen LogP contribution is -3.11. The van der Waals surface area contributed by atoms with Gasteiger partial charge < -0.3 is 19.2 Å². The van der Waals surface area contributed by atoms with E-state index >= 15 is 0 Å². The highest BCUT2D eigenvalue weighted by Crippen LogP contribution is 2.38. The molecule has 1 aliphatic heterocycles. The van der Waals surface area contributed by atoms with Crippen molar-refractivity contribution in [3.8, 4) is 11.5 Å². The van der Waals surface area contributed by atoms with Crippen LogP contribution < -0.4 is 14.7 Å². The van der Waals surface area contributed by atoms with Gasteiger partial charge in [0.05, 0.1) is 18.7 Å². The number of ketones is 1. The van der Waals surface area contributed by atoms with Crippen LogP contribution in [-0.2, 0) is 6.54 Å². The molecule has 0 saturated heterocycles. The summed E-state index contributed by atoms with van der Waals surface area (Å²) in [5.41, 5.74) is 1.74. The summed E-state index contributed by atoms with van der Waals surface area (Å²) in [6, 6.07) is 10.7. The van der Waals surface area contributed by atoms with Crippen molar-refractivity contribution in [1.29, 1.82) is 0 Å². The Hall–Kier alpha value is -2.57. The molecule has 0 spiro atoms. The average Bonchev–Trinajstić information content (AvgIpc) is 3.23. The Balaban J connectivity index is 1.66. The van der Waals surface area contributed by atoms with E-state index in [9.17, 15) is 9.90 Å². The highest BCUT2D eigenvalue weighted by molar-refractivity contribution is 9.10. The Morgan fingerprint density at radius 1 is 1.06 bits per heavy atom. The van der Waals surface area contributed by atoms with Gasteiger partial charge in [-0.25, -0.2) is 0 Å². The quantitative estimate of drug-likeness (QED) is 0.485. The number of rotatable bonds is 7. The van der Waals surface area contributed by atoms with E-state index in [1.807, 2.05) is 24.3 Å². The van der Waals surface area contributed by atoms with Crippen LogP contribution in [-0.4, -0.2) is 18.9 Å². The Morgan fingerprint density at radius 3 is 2.47 bits per heavy atom. The molecule has 6 heteroatoms. The van der Waals surface area contributed by atoms with Crippen molar-refractivity contribution in [3.05, 3.63) is 63.5 Å². The molecule has 0 amide bonds. The van der Waals surface area contributed by atoms with Crippen molar-refractivity contribution in [2.45, 2.75) is 34.2 Å². The van der Waals surface area contributed by atoms with Gasteiger partial charge in [0.1, 0.15) is 23.6 Å². The molecule has 0 atom stereocenters. The summed E-state index contributed by atoms with van der Waals surface area (Å²) in [7, 11) is 0. The molecule has 168 valence electrons. The largest absolute Gasteiger partial charge is 0.872 e. The summed E-state index contributed by atoms with van der Waals surface area (Å²) in [5.74, 6) is 1.80. The van der Waals surface area contributed by atoms with Crippen LogP contribution in [0.3, 0.4) is 0 Å². The Bertz CT molecular complexity index is 1180. The van der Waals surface area contributed by atoms with Crippen molar-refractivity contribution in [2.75, 3.05) is 13.1 Å². The topological polar surface area (TPSA) is 66.9 Å². The second-order valence-corrected chi connectivity index (χ2v) is 10.2. The smallest absolute Gasteiger partial charge is 0.232 e. The van der Waals surface area contributed by atoms with Gasteiger partial charge >= 0.3 is 0 Å². The normalized spacial score (nSPS) is 14.9. The molecule has 2 heterocycles. The fraction of sp³-hybridized carbons (Fsp3) is 0.346. The number of furan rings is 1. The predicted octanol–water partition coefficient (Wildman–Crippen LogP) is 4.58. The second-order valence-electron chi connectivity index (χ2n) is 9.31. The molecule has 1 aliphatic rings. The molecule has 1 aromatic heterocycles. The minimum absolute atomic E-state index is 0.0867. The summed E-state index contributed by atoms with van der Waals surface area (Å²) < 4.78 is 12.8. The standard InChI is InChI=1S/C26H28BrNO4/c1-15(2)12-28(13-16(3)4)14-21-22(29)7-6-20-25(30)24(32-26(20)21)11-19-10-17-9-18(27)5-8-23(17)31-19/h5-11,15-16,29H,12-14H2,1-4H3/b24-11-. The zero-order valence-corrected chi connectivity index (χ0v) is 20.4. The molecule has 1 N–H and O–H groups in total. The number of allylic oxidation sites excluding steroid dienone is 1. The van der Waals surface area contributed by atoms with Gasteiger partial charge in [-0.05, 0) is 30.3 Å². The third-order valence-corrected chi connectivity index (χ3v) is 5.98. The summed E-state index contributed by atoms with van der Waals surface area (Å²) in [4.78, 5) is 14.3. The van der Waals surface area contributed by atoms with Crippen molar-refractivity contribution in [3.63, 3.8) is 0 Å². The van der Waals surface area contributed by atoms with Crippen molar-refractivity contribution in [1.82, 2.24) is 0 Å². The van der Waals surface area contributed by atoms with Gasteiger partial charge in [-0.2, -0.15) is 0 Å². The third-order valence-electron chi connectivity index (χ3n) is 5.49. The van der Waals surface area contributed by atoms with Gasteiger partial charge in [0.15, 0.2) is 5.76 Å². The number of hydrogen-bond donors (Lipinski definition) is 1. The molecule has 0 aliphatic carbocycles. The number of fused-ring (bicyclic) bond motifs is 2. The van der Waals surface area contributed by atoms with Crippen molar-refractivity contribution >= 4 is 38.8 Å². The van der Waals surface area contributed by atoms with E-state index in [1.165, 1.54) is 11.0 Å². The molecule has 5 nitrogen and oxygen atoms in total. The number of carbonyl (C=O) groups is 1.